The molecule has 0 spiro atoms. The fourth-order valence-electron chi connectivity index (χ4n) is 4.79. The van der Waals surface area contributed by atoms with Crippen LogP contribution in [-0.4, -0.2) is 53.0 Å². The largest absolute Gasteiger partial charge is 0.457 e. The molecule has 23 heavy (non-hydrogen) atoms. The third-order valence-corrected chi connectivity index (χ3v) is 6.22. The number of aliphatic hydroxyl groups is 2. The van der Waals surface area contributed by atoms with Gasteiger partial charge in [0, 0.05) is 17.9 Å². The zero-order valence-electron chi connectivity index (χ0n) is 13.6. The van der Waals surface area contributed by atoms with Crippen molar-refractivity contribution in [3.05, 3.63) is 12.2 Å². The minimum Gasteiger partial charge on any atom is -0.457 e. The van der Waals surface area contributed by atoms with Crippen LogP contribution in [-0.2, 0) is 19.1 Å². The molecule has 1 aliphatic heterocycles. The van der Waals surface area contributed by atoms with Crippen LogP contribution in [0.5, 0.6) is 0 Å². The van der Waals surface area contributed by atoms with Crippen LogP contribution in [0.25, 0.3) is 0 Å². The summed E-state index contributed by atoms with van der Waals surface area (Å²) in [6.07, 6.45) is -0.0465. The number of rotatable bonds is 3. The maximum atomic E-state index is 12.8. The Morgan fingerprint density at radius 3 is 2.74 bits per heavy atom. The summed E-state index contributed by atoms with van der Waals surface area (Å²) in [6.45, 7) is 7.28. The number of aliphatic hydroxyl groups excluding tert-OH is 1. The highest BCUT2D eigenvalue weighted by Gasteiger charge is 2.72. The van der Waals surface area contributed by atoms with Crippen molar-refractivity contribution in [3.8, 4) is 0 Å². The van der Waals surface area contributed by atoms with Crippen LogP contribution in [0.15, 0.2) is 12.2 Å². The fourth-order valence-corrected chi connectivity index (χ4v) is 4.79. The predicted octanol–water partition coefficient (Wildman–Crippen LogP) is 0.602. The van der Waals surface area contributed by atoms with Gasteiger partial charge in [-0.15, -0.1) is 0 Å². The van der Waals surface area contributed by atoms with Gasteiger partial charge in [0.1, 0.15) is 17.5 Å². The molecule has 2 aliphatic carbocycles. The van der Waals surface area contributed by atoms with Crippen molar-refractivity contribution >= 4 is 11.8 Å². The highest BCUT2D eigenvalue weighted by Crippen LogP contribution is 2.59. The van der Waals surface area contributed by atoms with Gasteiger partial charge in [-0.05, 0) is 25.7 Å². The Morgan fingerprint density at radius 1 is 1.39 bits per heavy atom. The van der Waals surface area contributed by atoms with Gasteiger partial charge in [0.15, 0.2) is 0 Å². The second-order valence-corrected chi connectivity index (χ2v) is 7.17. The van der Waals surface area contributed by atoms with Crippen LogP contribution in [0.1, 0.15) is 33.1 Å². The van der Waals surface area contributed by atoms with Crippen molar-refractivity contribution in [2.24, 2.45) is 17.3 Å². The van der Waals surface area contributed by atoms with Crippen molar-refractivity contribution in [2.45, 2.75) is 50.9 Å². The molecule has 2 N–H and O–H groups in total. The molecule has 6 atom stereocenters. The van der Waals surface area contributed by atoms with Gasteiger partial charge in [0.25, 0.3) is 0 Å². The average Bonchev–Trinajstić information content (AvgIpc) is 2.88. The highest BCUT2D eigenvalue weighted by atomic mass is 16.6. The molecule has 128 valence electrons. The molecule has 0 bridgehead atoms. The summed E-state index contributed by atoms with van der Waals surface area (Å²) in [5, 5.41) is 20.6. The van der Waals surface area contributed by atoms with Crippen LogP contribution in [0.4, 0.5) is 0 Å². The Hall–Kier alpha value is -1.24. The second kappa shape index (κ2) is 5.40. The number of esters is 1. The first-order chi connectivity index (χ1) is 10.8. The first-order valence-corrected chi connectivity index (χ1v) is 8.16. The number of carbonyl (C=O) groups excluding carboxylic acids is 2. The third-order valence-electron chi connectivity index (χ3n) is 6.22. The molecule has 0 aromatic rings. The summed E-state index contributed by atoms with van der Waals surface area (Å²) in [7, 11) is 0. The van der Waals surface area contributed by atoms with E-state index in [9.17, 15) is 14.7 Å². The fraction of sp³-hybridized carbons (Fsp3) is 0.765. The zero-order valence-corrected chi connectivity index (χ0v) is 13.6. The first kappa shape index (κ1) is 16.6. The molecule has 3 fully saturated rings. The molecule has 6 nitrogen and oxygen atoms in total. The number of Topliss-reactive ketones (excluding diaryl/α,β-unsaturated/α-hetero) is 1. The molecule has 0 unspecified atom stereocenters. The third kappa shape index (κ3) is 1.98. The number of ketones is 1. The summed E-state index contributed by atoms with van der Waals surface area (Å²) in [5.74, 6) is -1.08. The number of ether oxygens (including phenoxy) is 2. The summed E-state index contributed by atoms with van der Waals surface area (Å²) < 4.78 is 11.1. The molecule has 6 heteroatoms. The lowest BCUT2D eigenvalue weighted by Gasteiger charge is -2.46. The van der Waals surface area contributed by atoms with Crippen LogP contribution in [0, 0.1) is 17.3 Å². The van der Waals surface area contributed by atoms with E-state index in [1.807, 2.05) is 6.92 Å². The molecule has 1 heterocycles. The predicted molar refractivity (Wildman–Crippen MR) is 80.4 cm³/mol. The SMILES string of the molecule is C=C1C(=O)O[C@@H]2[C@H]1CC[C@H](C)[C@]1(O)[C@H](OCCO)CC(=O)[C@@]21C. The maximum Gasteiger partial charge on any atom is 0.334 e. The van der Waals surface area contributed by atoms with Gasteiger partial charge in [-0.1, -0.05) is 13.5 Å². The number of hydrogen-bond acceptors (Lipinski definition) is 6. The van der Waals surface area contributed by atoms with E-state index in [2.05, 4.69) is 6.58 Å². The van der Waals surface area contributed by atoms with Crippen LogP contribution in [0.2, 0.25) is 0 Å². The van der Waals surface area contributed by atoms with Crippen molar-refractivity contribution in [1.82, 2.24) is 0 Å². The second-order valence-electron chi connectivity index (χ2n) is 7.17. The molecule has 2 saturated carbocycles. The minimum absolute atomic E-state index is 0.0592. The number of fused-ring (bicyclic) bond motifs is 3. The molecule has 3 rings (SSSR count). The molecule has 0 radical (unpaired) electrons. The maximum absolute atomic E-state index is 12.8. The van der Waals surface area contributed by atoms with Gasteiger partial charge in [-0.3, -0.25) is 4.79 Å². The van der Waals surface area contributed by atoms with E-state index in [1.165, 1.54) is 0 Å². The van der Waals surface area contributed by atoms with E-state index in [4.69, 9.17) is 14.6 Å². The summed E-state index contributed by atoms with van der Waals surface area (Å²) >= 11 is 0. The van der Waals surface area contributed by atoms with Gasteiger partial charge in [-0.2, -0.15) is 0 Å². The molecule has 1 saturated heterocycles. The monoisotopic (exact) mass is 324 g/mol. The lowest BCUT2D eigenvalue weighted by atomic mass is 9.64. The Bertz CT molecular complexity index is 557. The Kier molecular flexibility index (Phi) is 3.90. The van der Waals surface area contributed by atoms with E-state index in [0.29, 0.717) is 18.4 Å². The number of hydrogen-bond donors (Lipinski definition) is 2. The van der Waals surface area contributed by atoms with E-state index in [-0.39, 0.29) is 37.3 Å². The van der Waals surface area contributed by atoms with Crippen LogP contribution >= 0.6 is 0 Å². The van der Waals surface area contributed by atoms with E-state index in [1.54, 1.807) is 6.92 Å². The van der Waals surface area contributed by atoms with E-state index in [0.717, 1.165) is 0 Å². The highest BCUT2D eigenvalue weighted by molar-refractivity contribution is 5.95. The van der Waals surface area contributed by atoms with Crippen molar-refractivity contribution < 1.29 is 29.3 Å². The smallest absolute Gasteiger partial charge is 0.334 e. The molecule has 0 amide bonds. The summed E-state index contributed by atoms with van der Waals surface area (Å²) in [5.41, 5.74) is -2.26. The minimum atomic E-state index is -1.43. The molecule has 0 aromatic carbocycles. The van der Waals surface area contributed by atoms with Crippen LogP contribution in [0.3, 0.4) is 0 Å². The van der Waals surface area contributed by atoms with E-state index < -0.39 is 29.2 Å². The molecule has 3 aliphatic rings. The van der Waals surface area contributed by atoms with Gasteiger partial charge >= 0.3 is 5.97 Å². The normalized spacial score (nSPS) is 46.3. The standard InChI is InChI=1S/C17H24O6/c1-9-4-5-11-10(2)15(20)23-14(11)16(3)12(19)8-13(17(9,16)21)22-7-6-18/h9,11,13-14,18,21H,2,4-8H2,1,3H3/t9-,11-,13+,14+,16-,17-/m0/s1. The van der Waals surface area contributed by atoms with Crippen LogP contribution < -0.4 is 0 Å². The molecular formula is C17H24O6. The van der Waals surface area contributed by atoms with Gasteiger partial charge in [-0.25, -0.2) is 4.79 Å². The first-order valence-electron chi connectivity index (χ1n) is 8.16. The summed E-state index contributed by atoms with van der Waals surface area (Å²) in [6, 6.07) is 0. The topological polar surface area (TPSA) is 93.1 Å². The Labute approximate surface area is 135 Å². The molecular weight excluding hydrogens is 300 g/mol. The summed E-state index contributed by atoms with van der Waals surface area (Å²) in [4.78, 5) is 24.8. The van der Waals surface area contributed by atoms with Crippen molar-refractivity contribution in [3.63, 3.8) is 0 Å². The lowest BCUT2D eigenvalue weighted by molar-refractivity contribution is -0.198. The van der Waals surface area contributed by atoms with E-state index >= 15 is 0 Å². The van der Waals surface area contributed by atoms with Crippen molar-refractivity contribution in [2.75, 3.05) is 13.2 Å². The van der Waals surface area contributed by atoms with Gasteiger partial charge in [0.05, 0.1) is 24.7 Å². The van der Waals surface area contributed by atoms with Gasteiger partial charge < -0.3 is 19.7 Å². The quantitative estimate of drug-likeness (QED) is 0.583. The lowest BCUT2D eigenvalue weighted by Crippen LogP contribution is -2.60. The molecule has 0 aromatic heterocycles. The number of carbonyl (C=O) groups is 2. The Balaban J connectivity index is 2.07. The van der Waals surface area contributed by atoms with Gasteiger partial charge in [0.2, 0.25) is 0 Å². The van der Waals surface area contributed by atoms with Crippen molar-refractivity contribution in [1.29, 1.82) is 0 Å². The average molecular weight is 324 g/mol. The Morgan fingerprint density at radius 2 is 2.09 bits per heavy atom. The zero-order chi connectivity index (χ0) is 17.0.